The lowest BCUT2D eigenvalue weighted by Crippen LogP contribution is -2.20. The molecule has 0 amide bonds. The van der Waals surface area contributed by atoms with E-state index in [-0.39, 0.29) is 6.04 Å². The number of aromatic nitrogens is 4. The molecule has 5 nitrogen and oxygen atoms in total. The molecule has 0 fully saturated rings. The summed E-state index contributed by atoms with van der Waals surface area (Å²) in [5.74, 6) is 0.548. The molecule has 3 aromatic rings. The highest BCUT2D eigenvalue weighted by molar-refractivity contribution is 6.36. The van der Waals surface area contributed by atoms with Gasteiger partial charge in [-0.3, -0.25) is 0 Å². The van der Waals surface area contributed by atoms with Gasteiger partial charge in [0, 0.05) is 21.3 Å². The summed E-state index contributed by atoms with van der Waals surface area (Å²) < 4.78 is 1.67. The third kappa shape index (κ3) is 2.48. The Morgan fingerprint density at radius 1 is 0.957 bits per heavy atom. The minimum atomic E-state index is -0.280. The molecule has 0 saturated carbocycles. The lowest BCUT2D eigenvalue weighted by atomic mass is 10.0. The van der Waals surface area contributed by atoms with Gasteiger partial charge in [0.15, 0.2) is 0 Å². The van der Waals surface area contributed by atoms with Crippen LogP contribution in [-0.4, -0.2) is 20.2 Å². The summed E-state index contributed by atoms with van der Waals surface area (Å²) in [7, 11) is 0. The Morgan fingerprint density at radius 3 is 2.43 bits per heavy atom. The van der Waals surface area contributed by atoms with Gasteiger partial charge in [-0.2, -0.15) is 4.68 Å². The van der Waals surface area contributed by atoms with Crippen molar-refractivity contribution in [2.24, 2.45) is 0 Å². The van der Waals surface area contributed by atoms with Gasteiger partial charge in [-0.05, 0) is 34.2 Å². The van der Waals surface area contributed by atoms with E-state index >= 15 is 0 Å². The molecule has 0 saturated heterocycles. The van der Waals surface area contributed by atoms with Crippen molar-refractivity contribution in [3.8, 4) is 0 Å². The van der Waals surface area contributed by atoms with Gasteiger partial charge in [0.1, 0.15) is 6.04 Å². The Morgan fingerprint density at radius 2 is 1.70 bits per heavy atom. The predicted molar refractivity (Wildman–Crippen MR) is 90.5 cm³/mol. The van der Waals surface area contributed by atoms with Gasteiger partial charge in [0.2, 0.25) is 5.95 Å². The van der Waals surface area contributed by atoms with Gasteiger partial charge < -0.3 is 5.32 Å². The van der Waals surface area contributed by atoms with E-state index in [0.717, 1.165) is 16.8 Å². The van der Waals surface area contributed by atoms with Crippen molar-refractivity contribution >= 4 is 34.8 Å². The first-order valence-corrected chi connectivity index (χ1v) is 7.75. The number of anilines is 1. The smallest absolute Gasteiger partial charge is 0.248 e. The third-order valence-corrected chi connectivity index (χ3v) is 4.37. The molecule has 1 aromatic heterocycles. The average molecular weight is 344 g/mol. The van der Waals surface area contributed by atoms with Crippen LogP contribution in [0.25, 0.3) is 5.70 Å². The van der Waals surface area contributed by atoms with Crippen molar-refractivity contribution in [1.29, 1.82) is 0 Å². The Labute approximate surface area is 142 Å². The average Bonchev–Trinajstić information content (AvgIpc) is 3.04. The van der Waals surface area contributed by atoms with E-state index in [2.05, 4.69) is 20.8 Å². The Bertz CT molecular complexity index is 868. The van der Waals surface area contributed by atoms with Crippen LogP contribution in [0.5, 0.6) is 0 Å². The van der Waals surface area contributed by atoms with E-state index in [0.29, 0.717) is 16.0 Å². The number of allylic oxidation sites excluding steroid dienone is 1. The molecule has 7 heteroatoms. The van der Waals surface area contributed by atoms with Crippen molar-refractivity contribution in [1.82, 2.24) is 20.2 Å². The van der Waals surface area contributed by atoms with Crippen LogP contribution in [-0.2, 0) is 0 Å². The molecular weight excluding hydrogens is 333 g/mol. The third-order valence-electron chi connectivity index (χ3n) is 3.71. The first-order valence-electron chi connectivity index (χ1n) is 7.00. The maximum absolute atomic E-state index is 6.37. The van der Waals surface area contributed by atoms with E-state index in [9.17, 15) is 0 Å². The summed E-state index contributed by atoms with van der Waals surface area (Å²) in [5.41, 5.74) is 2.73. The summed E-state index contributed by atoms with van der Waals surface area (Å²) in [4.78, 5) is 0. The fourth-order valence-electron chi connectivity index (χ4n) is 2.64. The Balaban J connectivity index is 1.89. The van der Waals surface area contributed by atoms with Crippen LogP contribution in [0.15, 0.2) is 54.6 Å². The highest BCUT2D eigenvalue weighted by atomic mass is 35.5. The monoisotopic (exact) mass is 343 g/mol. The van der Waals surface area contributed by atoms with Crippen LogP contribution in [0, 0.1) is 0 Å². The van der Waals surface area contributed by atoms with Crippen LogP contribution in [0.3, 0.4) is 0 Å². The standard InChI is InChI=1S/C16H11Cl2N5/c17-11-7-4-8-12(18)15(11)14-9-13(10-5-2-1-3-6-10)19-16-20-21-22-23(14)16/h1-9,14H,(H,19,20,22)/t14-/m0/s1. The van der Waals surface area contributed by atoms with Crippen LogP contribution >= 0.6 is 23.2 Å². The number of hydrogen-bond donors (Lipinski definition) is 1. The number of nitrogens with zero attached hydrogens (tertiary/aromatic N) is 4. The fourth-order valence-corrected chi connectivity index (χ4v) is 3.26. The zero-order valence-corrected chi connectivity index (χ0v) is 13.3. The van der Waals surface area contributed by atoms with Gasteiger partial charge >= 0.3 is 0 Å². The Hall–Kier alpha value is -2.37. The molecule has 1 aliphatic rings. The molecule has 114 valence electrons. The number of rotatable bonds is 2. The zero-order valence-electron chi connectivity index (χ0n) is 11.8. The van der Waals surface area contributed by atoms with Crippen molar-refractivity contribution in [2.45, 2.75) is 6.04 Å². The number of benzene rings is 2. The molecule has 1 N–H and O–H groups in total. The second-order valence-electron chi connectivity index (χ2n) is 5.10. The van der Waals surface area contributed by atoms with Crippen molar-refractivity contribution < 1.29 is 0 Å². The van der Waals surface area contributed by atoms with E-state index in [1.54, 1.807) is 4.68 Å². The number of fused-ring (bicyclic) bond motifs is 1. The van der Waals surface area contributed by atoms with Crippen LogP contribution in [0.4, 0.5) is 5.95 Å². The summed E-state index contributed by atoms with van der Waals surface area (Å²) in [6.45, 7) is 0. The van der Waals surface area contributed by atoms with Crippen molar-refractivity contribution in [2.75, 3.05) is 5.32 Å². The molecule has 1 aliphatic heterocycles. The van der Waals surface area contributed by atoms with Gasteiger partial charge in [0.05, 0.1) is 0 Å². The molecule has 2 heterocycles. The summed E-state index contributed by atoms with van der Waals surface area (Å²) in [6, 6.07) is 15.1. The summed E-state index contributed by atoms with van der Waals surface area (Å²) in [6.07, 6.45) is 2.02. The normalized spacial score (nSPS) is 16.4. The first kappa shape index (κ1) is 14.2. The number of halogens is 2. The quantitative estimate of drug-likeness (QED) is 0.762. The molecule has 23 heavy (non-hydrogen) atoms. The van der Waals surface area contributed by atoms with Gasteiger partial charge in [-0.1, -0.05) is 64.7 Å². The van der Waals surface area contributed by atoms with Crippen LogP contribution in [0.1, 0.15) is 17.2 Å². The second kappa shape index (κ2) is 5.68. The first-order chi connectivity index (χ1) is 11.2. The van der Waals surface area contributed by atoms with E-state index in [1.165, 1.54) is 0 Å². The zero-order chi connectivity index (χ0) is 15.8. The molecule has 4 rings (SSSR count). The van der Waals surface area contributed by atoms with Gasteiger partial charge in [0.25, 0.3) is 0 Å². The number of tetrazole rings is 1. The fraction of sp³-hybridized carbons (Fsp3) is 0.0625. The van der Waals surface area contributed by atoms with Gasteiger partial charge in [-0.15, -0.1) is 0 Å². The largest absolute Gasteiger partial charge is 0.323 e. The van der Waals surface area contributed by atoms with Crippen LogP contribution in [0.2, 0.25) is 10.0 Å². The SMILES string of the molecule is Clc1cccc(Cl)c1[C@@H]1C=C(c2ccccc2)Nc2nnnn21. The second-order valence-corrected chi connectivity index (χ2v) is 5.91. The van der Waals surface area contributed by atoms with Crippen LogP contribution < -0.4 is 5.32 Å². The Kier molecular flexibility index (Phi) is 3.52. The molecule has 2 aromatic carbocycles. The molecule has 0 spiro atoms. The molecule has 0 bridgehead atoms. The minimum Gasteiger partial charge on any atom is -0.323 e. The highest BCUT2D eigenvalue weighted by Gasteiger charge is 2.27. The molecule has 0 unspecified atom stereocenters. The lowest BCUT2D eigenvalue weighted by molar-refractivity contribution is 0.586. The summed E-state index contributed by atoms with van der Waals surface area (Å²) >= 11 is 12.7. The summed E-state index contributed by atoms with van der Waals surface area (Å²) in [5, 5.41) is 16.2. The predicted octanol–water partition coefficient (Wildman–Crippen LogP) is 4.04. The minimum absolute atomic E-state index is 0.280. The van der Waals surface area contributed by atoms with Crippen molar-refractivity contribution in [3.63, 3.8) is 0 Å². The van der Waals surface area contributed by atoms with E-state index in [1.807, 2.05) is 54.6 Å². The maximum atomic E-state index is 6.37. The van der Waals surface area contributed by atoms with E-state index < -0.39 is 0 Å². The van der Waals surface area contributed by atoms with E-state index in [4.69, 9.17) is 23.2 Å². The topological polar surface area (TPSA) is 55.6 Å². The van der Waals surface area contributed by atoms with Crippen molar-refractivity contribution in [3.05, 3.63) is 75.8 Å². The lowest BCUT2D eigenvalue weighted by Gasteiger charge is -2.24. The maximum Gasteiger partial charge on any atom is 0.248 e. The molecule has 1 atom stereocenters. The number of nitrogens with one attached hydrogen (secondary N) is 1. The molecule has 0 aliphatic carbocycles. The van der Waals surface area contributed by atoms with Gasteiger partial charge in [-0.25, -0.2) is 0 Å². The molecule has 0 radical (unpaired) electrons. The highest BCUT2D eigenvalue weighted by Crippen LogP contribution is 2.38. The number of hydrogen-bond acceptors (Lipinski definition) is 4. The molecular formula is C16H11Cl2N5.